The van der Waals surface area contributed by atoms with E-state index in [-0.39, 0.29) is 0 Å². The molecule has 3 aromatic rings. The van der Waals surface area contributed by atoms with Gasteiger partial charge in [-0.3, -0.25) is 0 Å². The smallest absolute Gasteiger partial charge is 0.129 e. The maximum atomic E-state index is 4.85. The number of hydrogen-bond acceptors (Lipinski definition) is 3. The zero-order valence-electron chi connectivity index (χ0n) is 14.2. The highest BCUT2D eigenvalue weighted by Gasteiger charge is 2.11. The molecule has 0 bridgehead atoms. The molecule has 0 aliphatic carbocycles. The topological polar surface area (TPSA) is 43.6 Å². The molecule has 0 atom stereocenters. The monoisotopic (exact) mass is 306 g/mol. The summed E-state index contributed by atoms with van der Waals surface area (Å²) in [6.45, 7) is 6.05. The number of fused-ring (bicyclic) bond motifs is 1. The number of aromatic nitrogens is 4. The molecule has 0 N–H and O–H groups in total. The zero-order valence-corrected chi connectivity index (χ0v) is 14.2. The van der Waals surface area contributed by atoms with Gasteiger partial charge in [0.1, 0.15) is 11.6 Å². The second-order valence-corrected chi connectivity index (χ2v) is 5.87. The van der Waals surface area contributed by atoms with Gasteiger partial charge in [0.25, 0.3) is 0 Å². The molecule has 2 heterocycles. The van der Waals surface area contributed by atoms with Gasteiger partial charge in [-0.15, -0.1) is 0 Å². The lowest BCUT2D eigenvalue weighted by atomic mass is 10.2. The fourth-order valence-electron chi connectivity index (χ4n) is 2.96. The number of allylic oxidation sites excluding steroid dienone is 1. The Balaban J connectivity index is 1.91. The molecule has 3 rings (SSSR count). The molecule has 2 aromatic heterocycles. The quantitative estimate of drug-likeness (QED) is 0.736. The maximum Gasteiger partial charge on any atom is 0.129 e. The van der Waals surface area contributed by atoms with Crippen LogP contribution in [0, 0.1) is 13.8 Å². The van der Waals surface area contributed by atoms with Crippen molar-refractivity contribution >= 4 is 17.1 Å². The molecule has 0 spiro atoms. The van der Waals surface area contributed by atoms with Crippen LogP contribution in [0.15, 0.2) is 30.3 Å². The lowest BCUT2D eigenvalue weighted by molar-refractivity contribution is 0.752. The first-order chi connectivity index (χ1) is 11.1. The minimum absolute atomic E-state index is 0.804. The first-order valence-electron chi connectivity index (χ1n) is 7.96. The van der Waals surface area contributed by atoms with E-state index in [0.717, 1.165) is 52.5 Å². The maximum absolute atomic E-state index is 4.85. The SMILES string of the molecule is C/C=C\c1cccc2c1nc(CCc1nc(C)cc(C)n1)n2C. The van der Waals surface area contributed by atoms with Crippen molar-refractivity contribution in [2.24, 2.45) is 7.05 Å². The van der Waals surface area contributed by atoms with Gasteiger partial charge in [-0.05, 0) is 32.9 Å². The summed E-state index contributed by atoms with van der Waals surface area (Å²) < 4.78 is 2.17. The van der Waals surface area contributed by atoms with Crippen molar-refractivity contribution in [3.8, 4) is 0 Å². The average molecular weight is 306 g/mol. The molecule has 0 aliphatic rings. The van der Waals surface area contributed by atoms with Crippen molar-refractivity contribution in [3.05, 3.63) is 58.9 Å². The van der Waals surface area contributed by atoms with E-state index in [0.29, 0.717) is 0 Å². The van der Waals surface area contributed by atoms with Gasteiger partial charge in [0.05, 0.1) is 11.0 Å². The highest BCUT2D eigenvalue weighted by molar-refractivity contribution is 5.85. The van der Waals surface area contributed by atoms with Crippen LogP contribution in [0.3, 0.4) is 0 Å². The lowest BCUT2D eigenvalue weighted by Gasteiger charge is -2.04. The molecule has 0 radical (unpaired) electrons. The number of imidazole rings is 1. The molecule has 0 fully saturated rings. The van der Waals surface area contributed by atoms with Gasteiger partial charge in [-0.25, -0.2) is 15.0 Å². The van der Waals surface area contributed by atoms with Crippen LogP contribution in [-0.4, -0.2) is 19.5 Å². The van der Waals surface area contributed by atoms with Gasteiger partial charge in [-0.2, -0.15) is 0 Å². The summed E-state index contributed by atoms with van der Waals surface area (Å²) in [6.07, 6.45) is 5.79. The van der Waals surface area contributed by atoms with Crippen molar-refractivity contribution in [3.63, 3.8) is 0 Å². The van der Waals surface area contributed by atoms with E-state index in [1.165, 1.54) is 0 Å². The summed E-state index contributed by atoms with van der Waals surface area (Å²) in [5.41, 5.74) is 5.43. The molecule has 0 amide bonds. The van der Waals surface area contributed by atoms with Crippen molar-refractivity contribution < 1.29 is 0 Å². The highest BCUT2D eigenvalue weighted by atomic mass is 15.1. The molecule has 0 saturated carbocycles. The number of nitrogens with zero attached hydrogens (tertiary/aromatic N) is 4. The Bertz CT molecular complexity index is 854. The lowest BCUT2D eigenvalue weighted by Crippen LogP contribution is -2.05. The third-order valence-electron chi connectivity index (χ3n) is 3.98. The summed E-state index contributed by atoms with van der Waals surface area (Å²) in [7, 11) is 2.08. The van der Waals surface area contributed by atoms with Crippen molar-refractivity contribution in [1.82, 2.24) is 19.5 Å². The molecule has 23 heavy (non-hydrogen) atoms. The minimum atomic E-state index is 0.804. The minimum Gasteiger partial charge on any atom is -0.331 e. The van der Waals surface area contributed by atoms with Gasteiger partial charge in [-0.1, -0.05) is 24.3 Å². The number of para-hydroxylation sites is 1. The van der Waals surface area contributed by atoms with Crippen LogP contribution in [0.4, 0.5) is 0 Å². The predicted octanol–water partition coefficient (Wildman–Crippen LogP) is 3.80. The van der Waals surface area contributed by atoms with E-state index in [1.807, 2.05) is 32.9 Å². The standard InChI is InChI=1S/C19H22N4/c1-5-7-15-8-6-9-16-19(15)22-18(23(16)4)11-10-17-20-13(2)12-14(3)21-17/h5-9,12H,10-11H2,1-4H3/b7-5-. The average Bonchev–Trinajstić information content (AvgIpc) is 2.82. The number of rotatable bonds is 4. The van der Waals surface area contributed by atoms with E-state index in [4.69, 9.17) is 4.98 Å². The van der Waals surface area contributed by atoms with Gasteiger partial charge < -0.3 is 4.57 Å². The molecule has 0 saturated heterocycles. The Morgan fingerprint density at radius 1 is 1.04 bits per heavy atom. The number of aryl methyl sites for hydroxylation is 5. The Kier molecular flexibility index (Phi) is 4.24. The van der Waals surface area contributed by atoms with Gasteiger partial charge in [0, 0.05) is 36.8 Å². The largest absolute Gasteiger partial charge is 0.331 e. The van der Waals surface area contributed by atoms with Crippen LogP contribution in [0.5, 0.6) is 0 Å². The van der Waals surface area contributed by atoms with Crippen LogP contribution in [-0.2, 0) is 19.9 Å². The second-order valence-electron chi connectivity index (χ2n) is 5.87. The Morgan fingerprint density at radius 2 is 1.78 bits per heavy atom. The second kappa shape index (κ2) is 6.32. The molecule has 0 unspecified atom stereocenters. The normalized spacial score (nSPS) is 11.7. The summed E-state index contributed by atoms with van der Waals surface area (Å²) in [5.74, 6) is 1.96. The molecule has 4 heteroatoms. The first-order valence-corrected chi connectivity index (χ1v) is 7.96. The molecule has 118 valence electrons. The highest BCUT2D eigenvalue weighted by Crippen LogP contribution is 2.21. The fraction of sp³-hybridized carbons (Fsp3) is 0.316. The Morgan fingerprint density at radius 3 is 2.48 bits per heavy atom. The molecule has 4 nitrogen and oxygen atoms in total. The molecular weight excluding hydrogens is 284 g/mol. The number of hydrogen-bond donors (Lipinski definition) is 0. The van der Waals surface area contributed by atoms with E-state index in [2.05, 4.69) is 45.9 Å². The zero-order chi connectivity index (χ0) is 16.4. The fourth-order valence-corrected chi connectivity index (χ4v) is 2.96. The van der Waals surface area contributed by atoms with Crippen LogP contribution >= 0.6 is 0 Å². The van der Waals surface area contributed by atoms with E-state index < -0.39 is 0 Å². The van der Waals surface area contributed by atoms with E-state index >= 15 is 0 Å². The van der Waals surface area contributed by atoms with E-state index in [9.17, 15) is 0 Å². The summed E-state index contributed by atoms with van der Waals surface area (Å²) in [6, 6.07) is 8.30. The predicted molar refractivity (Wildman–Crippen MR) is 94.3 cm³/mol. The van der Waals surface area contributed by atoms with E-state index in [1.54, 1.807) is 0 Å². The molecule has 1 aromatic carbocycles. The third kappa shape index (κ3) is 3.16. The summed E-state index contributed by atoms with van der Waals surface area (Å²) in [4.78, 5) is 13.9. The van der Waals surface area contributed by atoms with Crippen LogP contribution in [0.1, 0.15) is 35.5 Å². The first kappa shape index (κ1) is 15.4. The Labute approximate surface area is 136 Å². The Hall–Kier alpha value is -2.49. The van der Waals surface area contributed by atoms with Crippen molar-refractivity contribution in [1.29, 1.82) is 0 Å². The van der Waals surface area contributed by atoms with Crippen molar-refractivity contribution in [2.75, 3.05) is 0 Å². The summed E-state index contributed by atoms with van der Waals surface area (Å²) >= 11 is 0. The molecule has 0 aliphatic heterocycles. The van der Waals surface area contributed by atoms with Gasteiger partial charge in [0.2, 0.25) is 0 Å². The van der Waals surface area contributed by atoms with Crippen LogP contribution in [0.2, 0.25) is 0 Å². The number of benzene rings is 1. The van der Waals surface area contributed by atoms with Crippen LogP contribution < -0.4 is 0 Å². The summed E-state index contributed by atoms with van der Waals surface area (Å²) in [5, 5.41) is 0. The third-order valence-corrected chi connectivity index (χ3v) is 3.98. The van der Waals surface area contributed by atoms with Crippen LogP contribution in [0.25, 0.3) is 17.1 Å². The van der Waals surface area contributed by atoms with Gasteiger partial charge >= 0.3 is 0 Å². The van der Waals surface area contributed by atoms with Gasteiger partial charge in [0.15, 0.2) is 0 Å². The molecular formula is C19H22N4. The van der Waals surface area contributed by atoms with Crippen molar-refractivity contribution in [2.45, 2.75) is 33.6 Å².